The molecule has 23 heavy (non-hydrogen) atoms. The summed E-state index contributed by atoms with van der Waals surface area (Å²) in [5, 5.41) is 0. The van der Waals surface area contributed by atoms with Gasteiger partial charge in [-0.05, 0) is 44.7 Å². The predicted molar refractivity (Wildman–Crippen MR) is 89.8 cm³/mol. The number of sulfonamides is 1. The number of carbonyl (C=O) groups excluding carboxylic acids is 1. The molecule has 1 aromatic heterocycles. The van der Waals surface area contributed by atoms with Crippen molar-refractivity contribution in [2.45, 2.75) is 48.9 Å². The number of amides is 1. The minimum atomic E-state index is -3.58. The van der Waals surface area contributed by atoms with Crippen LogP contribution in [-0.4, -0.2) is 55.2 Å². The first-order valence-electron chi connectivity index (χ1n) is 8.02. The van der Waals surface area contributed by atoms with E-state index in [1.165, 1.54) is 15.6 Å². The highest BCUT2D eigenvalue weighted by Gasteiger charge is 2.42. The van der Waals surface area contributed by atoms with E-state index in [9.17, 15) is 13.2 Å². The van der Waals surface area contributed by atoms with Crippen molar-refractivity contribution in [3.05, 3.63) is 17.0 Å². The lowest BCUT2D eigenvalue weighted by atomic mass is 10.0. The van der Waals surface area contributed by atoms with E-state index in [0.29, 0.717) is 30.3 Å². The number of nitrogens with zero attached hydrogens (tertiary/aromatic N) is 2. The molecular formula is C15H23N3O3S2. The Bertz CT molecular complexity index is 678. The van der Waals surface area contributed by atoms with E-state index in [0.717, 1.165) is 24.1 Å². The zero-order valence-electron chi connectivity index (χ0n) is 13.3. The molecule has 1 atom stereocenters. The van der Waals surface area contributed by atoms with Gasteiger partial charge in [0.25, 0.3) is 10.0 Å². The number of thiophene rings is 1. The molecule has 2 aliphatic rings. The Kier molecular flexibility index (Phi) is 4.78. The molecule has 0 spiro atoms. The Morgan fingerprint density at radius 3 is 2.52 bits per heavy atom. The third kappa shape index (κ3) is 3.31. The minimum absolute atomic E-state index is 0.0637. The van der Waals surface area contributed by atoms with Gasteiger partial charge in [-0.1, -0.05) is 0 Å². The quantitative estimate of drug-likeness (QED) is 0.880. The summed E-state index contributed by atoms with van der Waals surface area (Å²) in [6, 6.07) is 3.03. The first kappa shape index (κ1) is 16.9. The van der Waals surface area contributed by atoms with Gasteiger partial charge >= 0.3 is 0 Å². The molecular weight excluding hydrogens is 334 g/mol. The van der Waals surface area contributed by atoms with E-state index in [1.54, 1.807) is 17.0 Å². The summed E-state index contributed by atoms with van der Waals surface area (Å²) in [5.74, 6) is -0.0637. The molecule has 0 radical (unpaired) electrons. The van der Waals surface area contributed by atoms with Crippen molar-refractivity contribution in [3.8, 4) is 0 Å². The van der Waals surface area contributed by atoms with Crippen LogP contribution in [0.1, 0.15) is 30.6 Å². The average molecular weight is 358 g/mol. The zero-order valence-corrected chi connectivity index (χ0v) is 14.9. The summed E-state index contributed by atoms with van der Waals surface area (Å²) >= 11 is 1.26. The molecule has 2 fully saturated rings. The van der Waals surface area contributed by atoms with Gasteiger partial charge in [-0.15, -0.1) is 11.3 Å². The topological polar surface area (TPSA) is 83.7 Å². The largest absolute Gasteiger partial charge is 0.341 e. The van der Waals surface area contributed by atoms with Gasteiger partial charge in [0.15, 0.2) is 0 Å². The van der Waals surface area contributed by atoms with Crippen LogP contribution in [0.2, 0.25) is 0 Å². The molecule has 3 heterocycles. The van der Waals surface area contributed by atoms with E-state index in [4.69, 9.17) is 5.73 Å². The van der Waals surface area contributed by atoms with Crippen LogP contribution in [0.3, 0.4) is 0 Å². The number of likely N-dealkylation sites (tertiary alicyclic amines) is 1. The number of nitrogens with two attached hydrogens (primary N) is 1. The minimum Gasteiger partial charge on any atom is -0.341 e. The van der Waals surface area contributed by atoms with Gasteiger partial charge in [0, 0.05) is 30.6 Å². The summed E-state index contributed by atoms with van der Waals surface area (Å²) in [7, 11) is -3.58. The molecule has 6 nitrogen and oxygen atoms in total. The second-order valence-electron chi connectivity index (χ2n) is 6.30. The van der Waals surface area contributed by atoms with E-state index < -0.39 is 16.1 Å². The first-order chi connectivity index (χ1) is 10.9. The molecule has 0 bridgehead atoms. The fraction of sp³-hybridized carbons (Fsp3) is 0.667. The molecule has 8 heteroatoms. The van der Waals surface area contributed by atoms with Gasteiger partial charge in [0.1, 0.15) is 10.3 Å². The summed E-state index contributed by atoms with van der Waals surface area (Å²) in [4.78, 5) is 15.5. The highest BCUT2D eigenvalue weighted by Crippen LogP contribution is 2.31. The summed E-state index contributed by atoms with van der Waals surface area (Å²) in [6.45, 7) is 3.56. The van der Waals surface area contributed by atoms with Crippen molar-refractivity contribution >= 4 is 27.3 Å². The monoisotopic (exact) mass is 357 g/mol. The van der Waals surface area contributed by atoms with Gasteiger partial charge in [-0.25, -0.2) is 8.42 Å². The second kappa shape index (κ2) is 6.51. The van der Waals surface area contributed by atoms with Gasteiger partial charge in [0.05, 0.1) is 0 Å². The molecule has 2 saturated heterocycles. The normalized spacial score (nSPS) is 24.3. The predicted octanol–water partition coefficient (Wildman–Crippen LogP) is 1.16. The Morgan fingerprint density at radius 2 is 1.91 bits per heavy atom. The van der Waals surface area contributed by atoms with Crippen molar-refractivity contribution in [2.24, 2.45) is 5.73 Å². The number of hydrogen-bond acceptors (Lipinski definition) is 5. The van der Waals surface area contributed by atoms with Gasteiger partial charge < -0.3 is 10.6 Å². The van der Waals surface area contributed by atoms with Crippen molar-refractivity contribution in [2.75, 3.05) is 19.6 Å². The van der Waals surface area contributed by atoms with Crippen LogP contribution in [0.4, 0.5) is 0 Å². The number of piperidine rings is 1. The summed E-state index contributed by atoms with van der Waals surface area (Å²) in [6.07, 6.45) is 2.91. The Balaban J connectivity index is 1.78. The number of aryl methyl sites for hydroxylation is 1. The van der Waals surface area contributed by atoms with Crippen LogP contribution >= 0.6 is 11.3 Å². The molecule has 1 aromatic rings. The van der Waals surface area contributed by atoms with Crippen LogP contribution in [-0.2, 0) is 14.8 Å². The number of rotatable bonds is 3. The lowest BCUT2D eigenvalue weighted by Gasteiger charge is -2.34. The van der Waals surface area contributed by atoms with Crippen LogP contribution in [0, 0.1) is 6.92 Å². The van der Waals surface area contributed by atoms with Crippen molar-refractivity contribution < 1.29 is 13.2 Å². The maximum atomic E-state index is 12.8. The van der Waals surface area contributed by atoms with Gasteiger partial charge in [-0.2, -0.15) is 4.31 Å². The summed E-state index contributed by atoms with van der Waals surface area (Å²) in [5.41, 5.74) is 5.88. The SMILES string of the molecule is Cc1ccc(S(=O)(=O)N2CCCC2C(=O)N2CCC(N)CC2)s1. The zero-order chi connectivity index (χ0) is 16.6. The van der Waals surface area contributed by atoms with Crippen LogP contribution < -0.4 is 5.73 Å². The first-order valence-corrected chi connectivity index (χ1v) is 10.3. The fourth-order valence-electron chi connectivity index (χ4n) is 3.27. The molecule has 128 valence electrons. The van der Waals surface area contributed by atoms with Crippen molar-refractivity contribution in [1.82, 2.24) is 9.21 Å². The van der Waals surface area contributed by atoms with E-state index >= 15 is 0 Å². The standard InChI is InChI=1S/C15H23N3O3S2/c1-11-4-5-14(22-11)23(20,21)18-8-2-3-13(18)15(19)17-9-6-12(16)7-10-17/h4-5,12-13H,2-3,6-10,16H2,1H3. The highest BCUT2D eigenvalue weighted by molar-refractivity contribution is 7.91. The fourth-order valence-corrected chi connectivity index (χ4v) is 6.34. The molecule has 2 N–H and O–H groups in total. The number of hydrogen-bond donors (Lipinski definition) is 1. The van der Waals surface area contributed by atoms with Crippen LogP contribution in [0.15, 0.2) is 16.3 Å². The molecule has 0 saturated carbocycles. The smallest absolute Gasteiger partial charge is 0.253 e. The number of carbonyl (C=O) groups is 1. The average Bonchev–Trinajstić information content (AvgIpc) is 3.16. The third-order valence-corrected chi connectivity index (χ3v) is 7.99. The molecule has 1 unspecified atom stereocenters. The Morgan fingerprint density at radius 1 is 1.22 bits per heavy atom. The Labute approximate surface area is 141 Å². The molecule has 0 aromatic carbocycles. The third-order valence-electron chi connectivity index (χ3n) is 4.62. The van der Waals surface area contributed by atoms with Crippen LogP contribution in [0.25, 0.3) is 0 Å². The molecule has 0 aliphatic carbocycles. The molecule has 2 aliphatic heterocycles. The second-order valence-corrected chi connectivity index (χ2v) is 9.71. The van der Waals surface area contributed by atoms with E-state index in [1.807, 2.05) is 6.92 Å². The molecule has 3 rings (SSSR count). The lowest BCUT2D eigenvalue weighted by Crippen LogP contribution is -2.51. The van der Waals surface area contributed by atoms with Gasteiger partial charge in [-0.3, -0.25) is 4.79 Å². The van der Waals surface area contributed by atoms with Gasteiger partial charge in [0.2, 0.25) is 5.91 Å². The summed E-state index contributed by atoms with van der Waals surface area (Å²) < 4.78 is 27.4. The van der Waals surface area contributed by atoms with E-state index in [2.05, 4.69) is 0 Å². The highest BCUT2D eigenvalue weighted by atomic mass is 32.2. The van der Waals surface area contributed by atoms with E-state index in [-0.39, 0.29) is 11.9 Å². The molecule has 1 amide bonds. The maximum absolute atomic E-state index is 12.8. The Hall–Kier alpha value is -0.960. The van der Waals surface area contributed by atoms with Crippen LogP contribution in [0.5, 0.6) is 0 Å². The van der Waals surface area contributed by atoms with Crippen molar-refractivity contribution in [3.63, 3.8) is 0 Å². The lowest BCUT2D eigenvalue weighted by molar-refractivity contribution is -0.135. The van der Waals surface area contributed by atoms with Crippen molar-refractivity contribution in [1.29, 1.82) is 0 Å². The maximum Gasteiger partial charge on any atom is 0.253 e.